The Balaban J connectivity index is 1.86. The van der Waals surface area contributed by atoms with E-state index in [-0.39, 0.29) is 11.1 Å². The van der Waals surface area contributed by atoms with Crippen molar-refractivity contribution in [2.45, 2.75) is 13.5 Å². The Hall–Kier alpha value is -2.02. The number of piperazine rings is 1. The van der Waals surface area contributed by atoms with Gasteiger partial charge in [0, 0.05) is 39.8 Å². The highest BCUT2D eigenvalue weighted by Gasteiger charge is 2.23. The smallest absolute Gasteiger partial charge is 0.409 e. The molecule has 24 heavy (non-hydrogen) atoms. The quantitative estimate of drug-likeness (QED) is 0.667. The van der Waals surface area contributed by atoms with E-state index in [0.29, 0.717) is 39.3 Å². The molecule has 0 saturated carbocycles. The summed E-state index contributed by atoms with van der Waals surface area (Å²) in [6.07, 6.45) is -0.277. The molecule has 132 valence electrons. The lowest BCUT2D eigenvalue weighted by atomic mass is 10.2. The van der Waals surface area contributed by atoms with Crippen LogP contribution in [0.2, 0.25) is 5.02 Å². The predicted molar refractivity (Wildman–Crippen MR) is 91.8 cm³/mol. The highest BCUT2D eigenvalue weighted by molar-refractivity contribution is 6.30. The second-order valence-corrected chi connectivity index (χ2v) is 5.73. The molecule has 1 saturated heterocycles. The molecule has 2 rings (SSSR count). The number of aliphatic imine (C=N–C) groups is 1. The number of nitrogens with zero attached hydrogens (tertiary/aromatic N) is 3. The molecule has 1 aliphatic rings. The molecule has 1 fully saturated rings. The van der Waals surface area contributed by atoms with E-state index in [1.807, 2.05) is 0 Å². The summed E-state index contributed by atoms with van der Waals surface area (Å²) in [7, 11) is 1.71. The third-order valence-corrected chi connectivity index (χ3v) is 4.04. The molecule has 0 aliphatic carbocycles. The monoisotopic (exact) mass is 356 g/mol. The van der Waals surface area contributed by atoms with E-state index in [1.54, 1.807) is 31.0 Å². The zero-order valence-electron chi connectivity index (χ0n) is 13.9. The number of carbonyl (C=O) groups excluding carboxylic acids is 1. The molecular formula is C16H22ClFN4O2. The number of hydrogen-bond donors (Lipinski definition) is 1. The van der Waals surface area contributed by atoms with Crippen LogP contribution in [0.25, 0.3) is 0 Å². The van der Waals surface area contributed by atoms with Gasteiger partial charge in [0.05, 0.1) is 11.6 Å². The molecule has 0 unspecified atom stereocenters. The van der Waals surface area contributed by atoms with Gasteiger partial charge in [0.2, 0.25) is 0 Å². The minimum absolute atomic E-state index is 0.104. The van der Waals surface area contributed by atoms with E-state index in [2.05, 4.69) is 15.2 Å². The normalized spacial score (nSPS) is 15.4. The molecular weight excluding hydrogens is 335 g/mol. The molecule has 1 heterocycles. The number of carbonyl (C=O) groups is 1. The van der Waals surface area contributed by atoms with Crippen molar-refractivity contribution in [2.24, 2.45) is 4.99 Å². The van der Waals surface area contributed by atoms with Crippen LogP contribution in [0, 0.1) is 5.82 Å². The van der Waals surface area contributed by atoms with E-state index >= 15 is 0 Å². The molecule has 0 aromatic heterocycles. The SMILES string of the molecule is CCOC(=O)N1CCN(C(=NC)NCc2ccc(F)c(Cl)c2)CC1. The Morgan fingerprint density at radius 2 is 2.00 bits per heavy atom. The van der Waals surface area contributed by atoms with E-state index < -0.39 is 5.82 Å². The average molecular weight is 357 g/mol. The standard InChI is InChI=1S/C16H22ClFN4O2/c1-3-24-16(23)22-8-6-21(7-9-22)15(19-2)20-11-12-4-5-14(18)13(17)10-12/h4-5,10H,3,6-9,11H2,1-2H3,(H,19,20). The number of benzene rings is 1. The summed E-state index contributed by atoms with van der Waals surface area (Å²) in [6, 6.07) is 4.62. The first-order chi connectivity index (χ1) is 11.5. The summed E-state index contributed by atoms with van der Waals surface area (Å²) < 4.78 is 18.2. The molecule has 8 heteroatoms. The van der Waals surface area contributed by atoms with Gasteiger partial charge in [0.15, 0.2) is 5.96 Å². The van der Waals surface area contributed by atoms with Gasteiger partial charge in [-0.25, -0.2) is 9.18 Å². The van der Waals surface area contributed by atoms with Crippen molar-refractivity contribution in [3.8, 4) is 0 Å². The van der Waals surface area contributed by atoms with Gasteiger partial charge in [-0.05, 0) is 24.6 Å². The van der Waals surface area contributed by atoms with Gasteiger partial charge in [0.1, 0.15) is 5.82 Å². The second kappa shape index (κ2) is 8.73. The van der Waals surface area contributed by atoms with Crippen molar-refractivity contribution < 1.29 is 13.9 Å². The number of nitrogens with one attached hydrogen (secondary N) is 1. The van der Waals surface area contributed by atoms with Crippen molar-refractivity contribution in [2.75, 3.05) is 39.8 Å². The Morgan fingerprint density at radius 3 is 2.58 bits per heavy atom. The van der Waals surface area contributed by atoms with Crippen LogP contribution >= 0.6 is 11.6 Å². The molecule has 6 nitrogen and oxygen atoms in total. The van der Waals surface area contributed by atoms with Crippen molar-refractivity contribution >= 4 is 23.7 Å². The van der Waals surface area contributed by atoms with Crippen LogP contribution in [0.1, 0.15) is 12.5 Å². The largest absolute Gasteiger partial charge is 0.450 e. The molecule has 0 spiro atoms. The maximum absolute atomic E-state index is 13.2. The van der Waals surface area contributed by atoms with Crippen LogP contribution in [0.3, 0.4) is 0 Å². The number of guanidine groups is 1. The molecule has 0 bridgehead atoms. The fourth-order valence-corrected chi connectivity index (χ4v) is 2.68. The zero-order valence-corrected chi connectivity index (χ0v) is 14.6. The van der Waals surface area contributed by atoms with E-state index in [9.17, 15) is 9.18 Å². The van der Waals surface area contributed by atoms with Crippen molar-refractivity contribution in [1.82, 2.24) is 15.1 Å². The van der Waals surface area contributed by atoms with Crippen LogP contribution in [0.15, 0.2) is 23.2 Å². The molecule has 1 amide bonds. The summed E-state index contributed by atoms with van der Waals surface area (Å²) in [6.45, 7) is 5.17. The first kappa shape index (κ1) is 18.3. The lowest BCUT2D eigenvalue weighted by Gasteiger charge is -2.35. The van der Waals surface area contributed by atoms with E-state index in [1.165, 1.54) is 6.07 Å². The van der Waals surface area contributed by atoms with Gasteiger partial charge >= 0.3 is 6.09 Å². The Morgan fingerprint density at radius 1 is 1.33 bits per heavy atom. The maximum Gasteiger partial charge on any atom is 0.409 e. The summed E-state index contributed by atoms with van der Waals surface area (Å²) in [5, 5.41) is 3.34. The van der Waals surface area contributed by atoms with Crippen LogP contribution in [0.5, 0.6) is 0 Å². The van der Waals surface area contributed by atoms with Crippen LogP contribution < -0.4 is 5.32 Å². The van der Waals surface area contributed by atoms with Gasteiger partial charge in [0.25, 0.3) is 0 Å². The Kier molecular flexibility index (Phi) is 6.66. The number of amides is 1. The van der Waals surface area contributed by atoms with Crippen molar-refractivity contribution in [3.05, 3.63) is 34.6 Å². The lowest BCUT2D eigenvalue weighted by molar-refractivity contribution is 0.0914. The number of halogens is 2. The van der Waals surface area contributed by atoms with E-state index in [0.717, 1.165) is 11.5 Å². The molecule has 1 aromatic carbocycles. The first-order valence-electron chi connectivity index (χ1n) is 7.86. The Bertz CT molecular complexity index is 604. The predicted octanol–water partition coefficient (Wildman–Crippen LogP) is 2.33. The third-order valence-electron chi connectivity index (χ3n) is 3.75. The highest BCUT2D eigenvalue weighted by Crippen LogP contribution is 2.16. The minimum Gasteiger partial charge on any atom is -0.450 e. The molecule has 1 N–H and O–H groups in total. The summed E-state index contributed by atoms with van der Waals surface area (Å²) >= 11 is 5.79. The van der Waals surface area contributed by atoms with E-state index in [4.69, 9.17) is 16.3 Å². The summed E-state index contributed by atoms with van der Waals surface area (Å²) in [4.78, 5) is 19.7. The van der Waals surface area contributed by atoms with Crippen LogP contribution in [0.4, 0.5) is 9.18 Å². The van der Waals surface area contributed by atoms with Gasteiger partial charge in [-0.1, -0.05) is 17.7 Å². The van der Waals surface area contributed by atoms with Crippen molar-refractivity contribution in [1.29, 1.82) is 0 Å². The summed E-state index contributed by atoms with van der Waals surface area (Å²) in [5.74, 6) is 0.304. The zero-order chi connectivity index (χ0) is 17.5. The van der Waals surface area contributed by atoms with Gasteiger partial charge in [-0.3, -0.25) is 4.99 Å². The summed E-state index contributed by atoms with van der Waals surface area (Å²) in [5.41, 5.74) is 0.868. The van der Waals surface area contributed by atoms with Gasteiger partial charge < -0.3 is 19.9 Å². The minimum atomic E-state index is -0.431. The van der Waals surface area contributed by atoms with Gasteiger partial charge in [-0.2, -0.15) is 0 Å². The highest BCUT2D eigenvalue weighted by atomic mass is 35.5. The lowest BCUT2D eigenvalue weighted by Crippen LogP contribution is -2.53. The van der Waals surface area contributed by atoms with Crippen LogP contribution in [-0.4, -0.2) is 61.7 Å². The Labute approximate surface area is 146 Å². The average Bonchev–Trinajstić information content (AvgIpc) is 2.59. The first-order valence-corrected chi connectivity index (χ1v) is 8.24. The number of hydrogen-bond acceptors (Lipinski definition) is 3. The number of ether oxygens (including phenoxy) is 1. The fourth-order valence-electron chi connectivity index (χ4n) is 2.48. The molecule has 0 atom stereocenters. The third kappa shape index (κ3) is 4.74. The number of rotatable bonds is 3. The van der Waals surface area contributed by atoms with Crippen molar-refractivity contribution in [3.63, 3.8) is 0 Å². The molecule has 1 aromatic rings. The molecule has 0 radical (unpaired) electrons. The van der Waals surface area contributed by atoms with Crippen LogP contribution in [-0.2, 0) is 11.3 Å². The molecule has 1 aliphatic heterocycles. The topological polar surface area (TPSA) is 57.2 Å². The second-order valence-electron chi connectivity index (χ2n) is 5.32. The maximum atomic E-state index is 13.2. The van der Waals surface area contributed by atoms with Gasteiger partial charge in [-0.15, -0.1) is 0 Å². The fraction of sp³-hybridized carbons (Fsp3) is 0.500.